The normalized spacial score (nSPS) is 10.7. The van der Waals surface area contributed by atoms with E-state index < -0.39 is 0 Å². The van der Waals surface area contributed by atoms with E-state index in [2.05, 4.69) is 56.6 Å². The SMILES string of the molecule is CNCc1nnc(-c2ccc(C)c(Br)c2)s1. The molecule has 3 nitrogen and oxygen atoms in total. The summed E-state index contributed by atoms with van der Waals surface area (Å²) in [6.07, 6.45) is 0. The lowest BCUT2D eigenvalue weighted by Gasteiger charge is -1.99. The fraction of sp³-hybridized carbons (Fsp3) is 0.273. The number of halogens is 1. The first-order chi connectivity index (χ1) is 7.70. The Balaban J connectivity index is 2.31. The minimum atomic E-state index is 0.769. The van der Waals surface area contributed by atoms with Crippen LogP contribution in [0.4, 0.5) is 0 Å². The van der Waals surface area contributed by atoms with Crippen LogP contribution in [-0.2, 0) is 6.54 Å². The molecule has 0 aliphatic rings. The van der Waals surface area contributed by atoms with Gasteiger partial charge in [0.1, 0.15) is 10.0 Å². The molecule has 0 unspecified atom stereocenters. The average Bonchev–Trinajstić information content (AvgIpc) is 2.71. The lowest BCUT2D eigenvalue weighted by molar-refractivity contribution is 0.795. The zero-order valence-corrected chi connectivity index (χ0v) is 11.5. The molecule has 1 aromatic heterocycles. The number of benzene rings is 1. The molecular weight excluding hydrogens is 286 g/mol. The highest BCUT2D eigenvalue weighted by Crippen LogP contribution is 2.27. The third-order valence-electron chi connectivity index (χ3n) is 2.21. The molecule has 1 aromatic carbocycles. The van der Waals surface area contributed by atoms with Crippen molar-refractivity contribution in [2.45, 2.75) is 13.5 Å². The van der Waals surface area contributed by atoms with Crippen LogP contribution in [-0.4, -0.2) is 17.2 Å². The van der Waals surface area contributed by atoms with Crippen LogP contribution in [0, 0.1) is 6.92 Å². The van der Waals surface area contributed by atoms with E-state index in [1.807, 2.05) is 7.05 Å². The standard InChI is InChI=1S/C11H12BrN3S/c1-7-3-4-8(5-9(7)12)11-15-14-10(16-11)6-13-2/h3-5,13H,6H2,1-2H3. The van der Waals surface area contributed by atoms with Gasteiger partial charge in [-0.2, -0.15) is 0 Å². The van der Waals surface area contributed by atoms with Gasteiger partial charge in [-0.05, 0) is 25.6 Å². The lowest BCUT2D eigenvalue weighted by atomic mass is 10.2. The monoisotopic (exact) mass is 297 g/mol. The van der Waals surface area contributed by atoms with Gasteiger partial charge in [0.25, 0.3) is 0 Å². The third kappa shape index (κ3) is 2.48. The zero-order valence-electron chi connectivity index (χ0n) is 9.12. The minimum absolute atomic E-state index is 0.769. The largest absolute Gasteiger partial charge is 0.313 e. The summed E-state index contributed by atoms with van der Waals surface area (Å²) in [5, 5.41) is 13.3. The van der Waals surface area contributed by atoms with E-state index >= 15 is 0 Å². The van der Waals surface area contributed by atoms with E-state index in [1.54, 1.807) is 11.3 Å². The number of aryl methyl sites for hydroxylation is 1. The van der Waals surface area contributed by atoms with Crippen molar-refractivity contribution in [1.29, 1.82) is 0 Å². The maximum atomic E-state index is 4.18. The van der Waals surface area contributed by atoms with E-state index in [0.29, 0.717) is 0 Å². The fourth-order valence-corrected chi connectivity index (χ4v) is 2.55. The summed E-state index contributed by atoms with van der Waals surface area (Å²) in [5.74, 6) is 0. The van der Waals surface area contributed by atoms with Crippen molar-refractivity contribution in [2.24, 2.45) is 0 Å². The molecule has 1 N–H and O–H groups in total. The van der Waals surface area contributed by atoms with Gasteiger partial charge in [0.15, 0.2) is 0 Å². The molecular formula is C11H12BrN3S. The first-order valence-corrected chi connectivity index (χ1v) is 6.55. The van der Waals surface area contributed by atoms with Gasteiger partial charge >= 0.3 is 0 Å². The summed E-state index contributed by atoms with van der Waals surface area (Å²) in [5.41, 5.74) is 2.33. The molecule has 0 fully saturated rings. The number of hydrogen-bond acceptors (Lipinski definition) is 4. The second kappa shape index (κ2) is 5.03. The van der Waals surface area contributed by atoms with E-state index in [4.69, 9.17) is 0 Å². The summed E-state index contributed by atoms with van der Waals surface area (Å²) in [6, 6.07) is 6.24. The van der Waals surface area contributed by atoms with Gasteiger partial charge in [-0.15, -0.1) is 10.2 Å². The van der Waals surface area contributed by atoms with Crippen molar-refractivity contribution in [1.82, 2.24) is 15.5 Å². The van der Waals surface area contributed by atoms with Gasteiger partial charge in [0, 0.05) is 16.6 Å². The summed E-state index contributed by atoms with van der Waals surface area (Å²) in [4.78, 5) is 0. The van der Waals surface area contributed by atoms with E-state index in [-0.39, 0.29) is 0 Å². The topological polar surface area (TPSA) is 37.8 Å². The van der Waals surface area contributed by atoms with Crippen molar-refractivity contribution in [3.05, 3.63) is 33.2 Å². The molecule has 0 radical (unpaired) electrons. The molecule has 0 aliphatic heterocycles. The molecule has 2 aromatic rings. The van der Waals surface area contributed by atoms with Crippen molar-refractivity contribution < 1.29 is 0 Å². The van der Waals surface area contributed by atoms with Crippen molar-refractivity contribution in [3.8, 4) is 10.6 Å². The first-order valence-electron chi connectivity index (χ1n) is 4.94. The van der Waals surface area contributed by atoms with Crippen molar-refractivity contribution >= 4 is 27.3 Å². The van der Waals surface area contributed by atoms with Crippen LogP contribution in [0.5, 0.6) is 0 Å². The Hall–Kier alpha value is -0.780. The van der Waals surface area contributed by atoms with Gasteiger partial charge in [0.05, 0.1) is 0 Å². The van der Waals surface area contributed by atoms with Crippen LogP contribution in [0.2, 0.25) is 0 Å². The molecule has 16 heavy (non-hydrogen) atoms. The van der Waals surface area contributed by atoms with Crippen molar-refractivity contribution in [2.75, 3.05) is 7.05 Å². The molecule has 1 heterocycles. The molecule has 84 valence electrons. The second-order valence-corrected chi connectivity index (χ2v) is 5.41. The van der Waals surface area contributed by atoms with Gasteiger partial charge in [-0.3, -0.25) is 0 Å². The predicted molar refractivity (Wildman–Crippen MR) is 70.5 cm³/mol. The Morgan fingerprint density at radius 1 is 1.38 bits per heavy atom. The molecule has 5 heteroatoms. The maximum absolute atomic E-state index is 4.18. The zero-order chi connectivity index (χ0) is 11.5. The molecule has 0 saturated carbocycles. The Bertz CT molecular complexity index is 496. The van der Waals surface area contributed by atoms with Gasteiger partial charge in [0.2, 0.25) is 0 Å². The Labute approximate surface area is 107 Å². The van der Waals surface area contributed by atoms with Crippen LogP contribution in [0.1, 0.15) is 10.6 Å². The first kappa shape index (κ1) is 11.7. The number of aromatic nitrogens is 2. The van der Waals surface area contributed by atoms with Crippen molar-refractivity contribution in [3.63, 3.8) is 0 Å². The molecule has 0 atom stereocenters. The molecule has 0 spiro atoms. The number of nitrogens with zero attached hydrogens (tertiary/aromatic N) is 2. The third-order valence-corrected chi connectivity index (χ3v) is 4.04. The summed E-state index contributed by atoms with van der Waals surface area (Å²) < 4.78 is 1.11. The number of rotatable bonds is 3. The fourth-order valence-electron chi connectivity index (χ4n) is 1.32. The summed E-state index contributed by atoms with van der Waals surface area (Å²) in [7, 11) is 1.91. The highest BCUT2D eigenvalue weighted by Gasteiger charge is 2.07. The Kier molecular flexibility index (Phi) is 3.68. The van der Waals surface area contributed by atoms with E-state index in [1.165, 1.54) is 5.56 Å². The van der Waals surface area contributed by atoms with Gasteiger partial charge in [-0.25, -0.2) is 0 Å². The molecule has 0 bridgehead atoms. The van der Waals surface area contributed by atoms with Gasteiger partial charge in [-0.1, -0.05) is 39.4 Å². The quantitative estimate of drug-likeness (QED) is 0.946. The Morgan fingerprint density at radius 3 is 2.88 bits per heavy atom. The molecule has 0 amide bonds. The molecule has 0 saturated heterocycles. The van der Waals surface area contributed by atoms with Crippen LogP contribution in [0.15, 0.2) is 22.7 Å². The smallest absolute Gasteiger partial charge is 0.147 e. The predicted octanol–water partition coefficient (Wildman–Crippen LogP) is 3.00. The van der Waals surface area contributed by atoms with Crippen LogP contribution in [0.3, 0.4) is 0 Å². The molecule has 2 rings (SSSR count). The average molecular weight is 298 g/mol. The van der Waals surface area contributed by atoms with E-state index in [0.717, 1.165) is 26.6 Å². The van der Waals surface area contributed by atoms with Gasteiger partial charge < -0.3 is 5.32 Å². The summed E-state index contributed by atoms with van der Waals surface area (Å²) >= 11 is 5.14. The minimum Gasteiger partial charge on any atom is -0.313 e. The highest BCUT2D eigenvalue weighted by atomic mass is 79.9. The van der Waals surface area contributed by atoms with Crippen LogP contribution >= 0.6 is 27.3 Å². The van der Waals surface area contributed by atoms with E-state index in [9.17, 15) is 0 Å². The van der Waals surface area contributed by atoms with Crippen LogP contribution in [0.25, 0.3) is 10.6 Å². The Morgan fingerprint density at radius 2 is 2.19 bits per heavy atom. The summed E-state index contributed by atoms with van der Waals surface area (Å²) in [6.45, 7) is 2.84. The lowest BCUT2D eigenvalue weighted by Crippen LogP contribution is -2.04. The number of nitrogens with one attached hydrogen (secondary N) is 1. The molecule has 0 aliphatic carbocycles. The maximum Gasteiger partial charge on any atom is 0.147 e. The van der Waals surface area contributed by atoms with Crippen LogP contribution < -0.4 is 5.32 Å². The number of hydrogen-bond donors (Lipinski definition) is 1. The second-order valence-electron chi connectivity index (χ2n) is 3.50. The highest BCUT2D eigenvalue weighted by molar-refractivity contribution is 9.10.